The molecule has 3 aromatic carbocycles. The quantitative estimate of drug-likeness (QED) is 0.0841. The highest BCUT2D eigenvalue weighted by molar-refractivity contribution is 5.91. The van der Waals surface area contributed by atoms with Crippen LogP contribution < -0.4 is 10.6 Å². The zero-order valence-corrected chi connectivity index (χ0v) is 36.2. The Morgan fingerprint density at radius 1 is 0.576 bits per heavy atom. The number of amides is 4. The molecule has 4 amide bonds. The molecule has 340 valence electrons. The van der Waals surface area contributed by atoms with Crippen molar-refractivity contribution in [2.24, 2.45) is 23.7 Å². The van der Waals surface area contributed by atoms with Crippen LogP contribution in [-0.4, -0.2) is 120 Å². The van der Waals surface area contributed by atoms with Gasteiger partial charge in [0.2, 0.25) is 11.8 Å². The van der Waals surface area contributed by atoms with E-state index in [1.54, 1.807) is 0 Å². The van der Waals surface area contributed by atoms with Crippen LogP contribution in [0.1, 0.15) is 75.1 Å². The summed E-state index contributed by atoms with van der Waals surface area (Å²) < 4.78 is 11.0. The van der Waals surface area contributed by atoms with Crippen LogP contribution in [0.2, 0.25) is 0 Å². The van der Waals surface area contributed by atoms with Crippen LogP contribution in [0.15, 0.2) is 66.7 Å². The maximum Gasteiger partial charge on any atom is 0.405 e. The summed E-state index contributed by atoms with van der Waals surface area (Å²) in [6, 6.07) is 20.5. The summed E-state index contributed by atoms with van der Waals surface area (Å²) in [6.07, 6.45) is 3.58. The molecule has 66 heavy (non-hydrogen) atoms. The van der Waals surface area contributed by atoms with E-state index in [0.29, 0.717) is 69.8 Å². The number of hydrogen-bond acceptors (Lipinski definition) is 9. The van der Waals surface area contributed by atoms with Gasteiger partial charge in [-0.3, -0.25) is 9.59 Å². The number of rotatable bonds is 10. The zero-order chi connectivity index (χ0) is 44.8. The molecule has 6 aliphatic rings. The molecule has 17 nitrogen and oxygen atoms in total. The van der Waals surface area contributed by atoms with Crippen molar-refractivity contribution >= 4 is 57.0 Å². The minimum Gasteiger partial charge on any atom is -0.465 e. The number of fused-ring (bicyclic) bond motifs is 5. The van der Waals surface area contributed by atoms with Crippen LogP contribution in [0.3, 0.4) is 0 Å². The molecular formula is C49H51N9O8. The van der Waals surface area contributed by atoms with Gasteiger partial charge in [-0.2, -0.15) is 0 Å². The number of nitrogens with one attached hydrogen (secondary N) is 4. The van der Waals surface area contributed by atoms with Gasteiger partial charge in [-0.1, -0.05) is 24.3 Å². The summed E-state index contributed by atoms with van der Waals surface area (Å²) >= 11 is 0. The molecule has 3 aromatic heterocycles. The molecule has 0 radical (unpaired) electrons. The molecule has 2 aliphatic carbocycles. The summed E-state index contributed by atoms with van der Waals surface area (Å²) in [4.78, 5) is 77.9. The van der Waals surface area contributed by atoms with E-state index in [2.05, 4.69) is 50.9 Å². The second-order valence-electron chi connectivity index (χ2n) is 19.2. The normalized spacial score (nSPS) is 26.0. The molecule has 7 heterocycles. The second kappa shape index (κ2) is 16.1. The predicted molar refractivity (Wildman–Crippen MR) is 241 cm³/mol. The topological polar surface area (TPSA) is 228 Å². The number of likely N-dealkylation sites (tertiary alicyclic amines) is 2. The standard InChI is InChI=1S/C49H51N9O8/c59-46(42(55-48(61)62)24-9-13-65-14-10-24)57-38-20-30(38)22-40(57)44-51-34-7-2-27(18-36(34)53-44)26-1-5-32-28(17-26)3-6-33(50-32)29-4-8-35-37(19-29)54-45(52-35)41-23-31-21-39(31)58(41)47(60)43(56-49(63)64)25-11-15-66-16-12-25/h1-8,17-19,24-25,30-31,38-43,55-56H,9-16,20-23H2,(H,51,53)(H,52,54)(H,61,62)(H,63,64)/t30-,31-,38-,39-,40+,41+,42+,43+/m1/s1. The first-order valence-corrected chi connectivity index (χ1v) is 23.3. The van der Waals surface area contributed by atoms with E-state index < -0.39 is 24.3 Å². The van der Waals surface area contributed by atoms with Gasteiger partial charge in [0.25, 0.3) is 0 Å². The molecule has 6 aromatic rings. The van der Waals surface area contributed by atoms with Crippen molar-refractivity contribution < 1.29 is 38.9 Å². The number of carbonyl (C=O) groups is 4. The summed E-state index contributed by atoms with van der Waals surface area (Å²) in [5, 5.41) is 25.4. The molecule has 17 heteroatoms. The summed E-state index contributed by atoms with van der Waals surface area (Å²) in [7, 11) is 0. The third-order valence-electron chi connectivity index (χ3n) is 15.2. The SMILES string of the molecule is O=C(O)N[C@H](C(=O)N1[C@@H]2C[C@@H]2C[C@H]1c1nc2cc(-c3ccc4nc(-c5ccc6[nH]c([C@@H]7C[C@H]8C[C@H]8N7C(=O)[C@@H](NC(=O)O)C7CCOCC7)nc6c5)ccc4c3)ccc2[nH]1)C1CCOCC1. The van der Waals surface area contributed by atoms with Gasteiger partial charge in [0.1, 0.15) is 23.7 Å². The molecule has 6 fully saturated rings. The fourth-order valence-electron chi connectivity index (χ4n) is 11.7. The zero-order valence-electron chi connectivity index (χ0n) is 36.2. The van der Waals surface area contributed by atoms with Crippen LogP contribution in [0.4, 0.5) is 9.59 Å². The van der Waals surface area contributed by atoms with Crippen LogP contribution in [0.25, 0.3) is 55.4 Å². The number of imidazole rings is 2. The van der Waals surface area contributed by atoms with Crippen LogP contribution in [0, 0.1) is 23.7 Å². The van der Waals surface area contributed by atoms with Gasteiger partial charge in [0.15, 0.2) is 0 Å². The highest BCUT2D eigenvalue weighted by atomic mass is 16.5. The molecule has 12 rings (SSSR count). The number of carbonyl (C=O) groups excluding carboxylic acids is 2. The average molecular weight is 894 g/mol. The minimum atomic E-state index is -1.20. The minimum absolute atomic E-state index is 0.0949. The van der Waals surface area contributed by atoms with Crippen LogP contribution in [-0.2, 0) is 19.1 Å². The summed E-state index contributed by atoms with van der Waals surface area (Å²) in [5.41, 5.74) is 7.87. The number of nitrogens with zero attached hydrogens (tertiary/aromatic N) is 5. The molecule has 4 saturated heterocycles. The third-order valence-corrected chi connectivity index (χ3v) is 15.2. The van der Waals surface area contributed by atoms with Gasteiger partial charge in [-0.25, -0.2) is 24.5 Å². The fourth-order valence-corrected chi connectivity index (χ4v) is 11.7. The maximum atomic E-state index is 14.2. The predicted octanol–water partition coefficient (Wildman–Crippen LogP) is 6.77. The molecule has 8 atom stereocenters. The van der Waals surface area contributed by atoms with Crippen molar-refractivity contribution in [3.05, 3.63) is 78.4 Å². The van der Waals surface area contributed by atoms with Gasteiger partial charge in [-0.15, -0.1) is 0 Å². The van der Waals surface area contributed by atoms with Gasteiger partial charge in [0, 0.05) is 49.5 Å². The lowest BCUT2D eigenvalue weighted by Gasteiger charge is -2.35. The third kappa shape index (κ3) is 7.37. The first-order valence-electron chi connectivity index (χ1n) is 23.3. The Kier molecular flexibility index (Phi) is 9.96. The monoisotopic (exact) mass is 893 g/mol. The molecule has 6 N–H and O–H groups in total. The number of pyridine rings is 1. The molecular weight excluding hydrogens is 843 g/mol. The highest BCUT2D eigenvalue weighted by Crippen LogP contribution is 2.55. The van der Waals surface area contributed by atoms with Gasteiger partial charge in [-0.05, 0) is 129 Å². The lowest BCUT2D eigenvalue weighted by Crippen LogP contribution is -2.53. The van der Waals surface area contributed by atoms with Crippen LogP contribution in [0.5, 0.6) is 0 Å². The smallest absolute Gasteiger partial charge is 0.405 e. The van der Waals surface area contributed by atoms with Crippen molar-refractivity contribution in [3.63, 3.8) is 0 Å². The number of benzene rings is 3. The average Bonchev–Trinajstić information content (AvgIpc) is 3.99. The van der Waals surface area contributed by atoms with E-state index in [9.17, 15) is 29.4 Å². The molecule has 2 saturated carbocycles. The Labute approximate surface area is 378 Å². The van der Waals surface area contributed by atoms with E-state index in [4.69, 9.17) is 24.4 Å². The molecule has 4 aliphatic heterocycles. The van der Waals surface area contributed by atoms with Gasteiger partial charge < -0.3 is 50.1 Å². The second-order valence-corrected chi connectivity index (χ2v) is 19.2. The summed E-state index contributed by atoms with van der Waals surface area (Å²) in [6.45, 7) is 2.06. The summed E-state index contributed by atoms with van der Waals surface area (Å²) in [5.74, 6) is 1.63. The van der Waals surface area contributed by atoms with Crippen molar-refractivity contribution in [1.29, 1.82) is 0 Å². The highest BCUT2D eigenvalue weighted by Gasteiger charge is 2.58. The van der Waals surface area contributed by atoms with E-state index in [1.165, 1.54) is 0 Å². The van der Waals surface area contributed by atoms with Gasteiger partial charge in [0.05, 0.1) is 45.4 Å². The number of piperidine rings is 2. The van der Waals surface area contributed by atoms with Crippen molar-refractivity contribution in [2.45, 2.75) is 87.6 Å². The molecule has 0 unspecified atom stereocenters. The number of aromatic amines is 2. The van der Waals surface area contributed by atoms with Gasteiger partial charge >= 0.3 is 12.2 Å². The Bertz CT molecular complexity index is 2730. The lowest BCUT2D eigenvalue weighted by molar-refractivity contribution is -0.138. The fraction of sp³-hybridized carbons (Fsp3) is 0.449. The number of H-pyrrole nitrogens is 2. The lowest BCUT2D eigenvalue weighted by atomic mass is 9.90. The van der Waals surface area contributed by atoms with E-state index in [0.717, 1.165) is 86.9 Å². The van der Waals surface area contributed by atoms with E-state index in [1.807, 2.05) is 46.2 Å². The number of hydrogen-bond donors (Lipinski definition) is 6. The van der Waals surface area contributed by atoms with E-state index >= 15 is 0 Å². The number of aromatic nitrogens is 5. The largest absolute Gasteiger partial charge is 0.465 e. The van der Waals surface area contributed by atoms with Crippen molar-refractivity contribution in [3.8, 4) is 22.4 Å². The van der Waals surface area contributed by atoms with E-state index in [-0.39, 0.29) is 47.8 Å². The molecule has 0 bridgehead atoms. The first-order chi connectivity index (χ1) is 32.1. The number of ether oxygens (including phenoxy) is 2. The Morgan fingerprint density at radius 2 is 1.06 bits per heavy atom. The van der Waals surface area contributed by atoms with Crippen molar-refractivity contribution in [2.75, 3.05) is 26.4 Å². The first kappa shape index (κ1) is 40.9. The molecule has 0 spiro atoms. The Hall–Kier alpha value is -6.59. The Balaban J connectivity index is 0.767. The van der Waals surface area contributed by atoms with Crippen LogP contribution >= 0.6 is 0 Å². The van der Waals surface area contributed by atoms with Crippen molar-refractivity contribution in [1.82, 2.24) is 45.4 Å². The number of carboxylic acid groups (broad SMARTS) is 2. The maximum absolute atomic E-state index is 14.2. The Morgan fingerprint density at radius 3 is 1.59 bits per heavy atom.